The molecule has 0 bridgehead atoms. The Morgan fingerprint density at radius 3 is 2.60 bits per heavy atom. The molecule has 1 aromatic rings. The highest BCUT2D eigenvalue weighted by Gasteiger charge is 2.24. The number of methoxy groups -OCH3 is 2. The lowest BCUT2D eigenvalue weighted by Crippen LogP contribution is -2.39. The van der Waals surface area contributed by atoms with Gasteiger partial charge in [-0.1, -0.05) is 0 Å². The van der Waals surface area contributed by atoms with Gasteiger partial charge < -0.3 is 9.47 Å². The molecule has 0 radical (unpaired) electrons. The number of rotatable bonds is 5. The van der Waals surface area contributed by atoms with Crippen LogP contribution in [0.15, 0.2) is 18.5 Å². The average Bonchev–Trinajstić information content (AvgIpc) is 2.27. The normalized spacial score (nSPS) is 13.1. The molecule has 0 saturated carbocycles. The largest absolute Gasteiger partial charge is 0.354 e. The molecular formula is C9H14FN3O2. The number of hydrazine groups is 1. The van der Waals surface area contributed by atoms with Crippen LogP contribution in [0.3, 0.4) is 0 Å². The Bertz CT molecular complexity index is 307. The predicted molar refractivity (Wildman–Crippen MR) is 52.1 cm³/mol. The summed E-state index contributed by atoms with van der Waals surface area (Å²) in [5, 5.41) is 0. The summed E-state index contributed by atoms with van der Waals surface area (Å²) < 4.78 is 23.4. The third-order valence-electron chi connectivity index (χ3n) is 2.06. The first kappa shape index (κ1) is 12.0. The van der Waals surface area contributed by atoms with E-state index in [1.165, 1.54) is 26.5 Å². The molecule has 1 heterocycles. The van der Waals surface area contributed by atoms with Gasteiger partial charge in [0, 0.05) is 26.0 Å². The van der Waals surface area contributed by atoms with Crippen molar-refractivity contribution in [2.75, 3.05) is 14.2 Å². The van der Waals surface area contributed by atoms with E-state index in [-0.39, 0.29) is 0 Å². The van der Waals surface area contributed by atoms with Gasteiger partial charge in [-0.05, 0) is 6.07 Å². The maximum atomic E-state index is 13.4. The Morgan fingerprint density at radius 2 is 2.13 bits per heavy atom. The molecule has 5 nitrogen and oxygen atoms in total. The van der Waals surface area contributed by atoms with Crippen molar-refractivity contribution in [1.29, 1.82) is 0 Å². The molecule has 0 spiro atoms. The second-order valence-electron chi connectivity index (χ2n) is 2.88. The SMILES string of the molecule is COC(OC)C(NN)c1ccncc1F. The smallest absolute Gasteiger partial charge is 0.177 e. The van der Waals surface area contributed by atoms with Gasteiger partial charge in [-0.15, -0.1) is 0 Å². The Labute approximate surface area is 87.4 Å². The quantitative estimate of drug-likeness (QED) is 0.421. The number of hydrogen-bond acceptors (Lipinski definition) is 5. The fourth-order valence-corrected chi connectivity index (χ4v) is 1.32. The van der Waals surface area contributed by atoms with Crippen molar-refractivity contribution in [2.24, 2.45) is 5.84 Å². The summed E-state index contributed by atoms with van der Waals surface area (Å²) >= 11 is 0. The fraction of sp³-hybridized carbons (Fsp3) is 0.444. The number of nitrogens with zero attached hydrogens (tertiary/aromatic N) is 1. The van der Waals surface area contributed by atoms with Crippen molar-refractivity contribution in [3.8, 4) is 0 Å². The molecule has 0 amide bonds. The Hall–Kier alpha value is -1.08. The van der Waals surface area contributed by atoms with Crippen LogP contribution in [0.2, 0.25) is 0 Å². The Kier molecular flexibility index (Phi) is 4.57. The first-order chi connectivity index (χ1) is 7.24. The highest BCUT2D eigenvalue weighted by atomic mass is 19.1. The van der Waals surface area contributed by atoms with Crippen LogP contribution in [0.1, 0.15) is 11.6 Å². The number of nitrogens with two attached hydrogens (primary N) is 1. The maximum absolute atomic E-state index is 13.4. The van der Waals surface area contributed by atoms with E-state index in [1.54, 1.807) is 0 Å². The lowest BCUT2D eigenvalue weighted by Gasteiger charge is -2.24. The highest BCUT2D eigenvalue weighted by Crippen LogP contribution is 2.20. The summed E-state index contributed by atoms with van der Waals surface area (Å²) in [7, 11) is 2.91. The number of halogens is 1. The van der Waals surface area contributed by atoms with E-state index in [4.69, 9.17) is 15.3 Å². The maximum Gasteiger partial charge on any atom is 0.177 e. The van der Waals surface area contributed by atoms with Gasteiger partial charge in [-0.25, -0.2) is 9.82 Å². The van der Waals surface area contributed by atoms with E-state index in [9.17, 15) is 4.39 Å². The number of ether oxygens (including phenoxy) is 2. The van der Waals surface area contributed by atoms with E-state index in [0.29, 0.717) is 5.56 Å². The molecule has 0 fully saturated rings. The minimum absolute atomic E-state index is 0.348. The van der Waals surface area contributed by atoms with Crippen LogP contribution in [0, 0.1) is 5.82 Å². The van der Waals surface area contributed by atoms with Crippen molar-refractivity contribution in [3.63, 3.8) is 0 Å². The first-order valence-electron chi connectivity index (χ1n) is 4.35. The molecule has 1 aromatic heterocycles. The van der Waals surface area contributed by atoms with E-state index in [2.05, 4.69) is 10.4 Å². The summed E-state index contributed by atoms with van der Waals surface area (Å²) in [6.45, 7) is 0. The lowest BCUT2D eigenvalue weighted by molar-refractivity contribution is -0.124. The number of nitrogens with one attached hydrogen (secondary N) is 1. The van der Waals surface area contributed by atoms with Gasteiger partial charge >= 0.3 is 0 Å². The highest BCUT2D eigenvalue weighted by molar-refractivity contribution is 5.17. The molecule has 3 N–H and O–H groups in total. The van der Waals surface area contributed by atoms with E-state index in [1.807, 2.05) is 0 Å². The van der Waals surface area contributed by atoms with Crippen LogP contribution in [-0.4, -0.2) is 25.5 Å². The summed E-state index contributed by atoms with van der Waals surface area (Å²) in [5.41, 5.74) is 2.79. The van der Waals surface area contributed by atoms with Crippen molar-refractivity contribution in [3.05, 3.63) is 29.8 Å². The lowest BCUT2D eigenvalue weighted by atomic mass is 10.1. The second kappa shape index (κ2) is 5.72. The first-order valence-corrected chi connectivity index (χ1v) is 4.35. The topological polar surface area (TPSA) is 69.4 Å². The fourth-order valence-electron chi connectivity index (χ4n) is 1.32. The molecule has 0 saturated heterocycles. The number of hydrogen-bond donors (Lipinski definition) is 2. The minimum atomic E-state index is -0.660. The van der Waals surface area contributed by atoms with Crippen LogP contribution >= 0.6 is 0 Å². The van der Waals surface area contributed by atoms with Gasteiger partial charge in [0.25, 0.3) is 0 Å². The van der Waals surface area contributed by atoms with Gasteiger partial charge in [0.15, 0.2) is 6.29 Å². The van der Waals surface area contributed by atoms with Gasteiger partial charge in [0.2, 0.25) is 0 Å². The average molecular weight is 215 g/mol. The van der Waals surface area contributed by atoms with Crippen LogP contribution in [0.5, 0.6) is 0 Å². The third kappa shape index (κ3) is 2.69. The van der Waals surface area contributed by atoms with Gasteiger partial charge in [0.05, 0.1) is 12.2 Å². The minimum Gasteiger partial charge on any atom is -0.354 e. The Balaban J connectivity index is 2.96. The molecule has 0 aromatic carbocycles. The monoisotopic (exact) mass is 215 g/mol. The van der Waals surface area contributed by atoms with E-state index in [0.717, 1.165) is 6.20 Å². The molecule has 0 aliphatic carbocycles. The van der Waals surface area contributed by atoms with Crippen LogP contribution in [0.25, 0.3) is 0 Å². The molecule has 15 heavy (non-hydrogen) atoms. The van der Waals surface area contributed by atoms with E-state index < -0.39 is 18.1 Å². The molecule has 0 aliphatic rings. The molecule has 1 rings (SSSR count). The number of pyridine rings is 1. The zero-order valence-corrected chi connectivity index (χ0v) is 8.61. The van der Waals surface area contributed by atoms with Crippen LogP contribution < -0.4 is 11.3 Å². The second-order valence-corrected chi connectivity index (χ2v) is 2.88. The van der Waals surface area contributed by atoms with Crippen molar-refractivity contribution in [1.82, 2.24) is 10.4 Å². The zero-order chi connectivity index (χ0) is 11.3. The molecule has 84 valence electrons. The summed E-state index contributed by atoms with van der Waals surface area (Å²) in [6, 6.07) is 0.938. The molecule has 6 heteroatoms. The van der Waals surface area contributed by atoms with Crippen LogP contribution in [-0.2, 0) is 9.47 Å². The van der Waals surface area contributed by atoms with Gasteiger partial charge in [-0.2, -0.15) is 0 Å². The summed E-state index contributed by atoms with van der Waals surface area (Å²) in [4.78, 5) is 3.65. The van der Waals surface area contributed by atoms with Crippen LogP contribution in [0.4, 0.5) is 4.39 Å². The van der Waals surface area contributed by atoms with Gasteiger partial charge in [0.1, 0.15) is 5.82 Å². The molecule has 0 aliphatic heterocycles. The Morgan fingerprint density at radius 1 is 1.47 bits per heavy atom. The molecule has 1 unspecified atom stereocenters. The number of aromatic nitrogens is 1. The van der Waals surface area contributed by atoms with E-state index >= 15 is 0 Å². The predicted octanol–water partition coefficient (Wildman–Crippen LogP) is 0.344. The summed E-state index contributed by atoms with van der Waals surface area (Å²) in [6.07, 6.45) is 1.93. The summed E-state index contributed by atoms with van der Waals surface area (Å²) in [5.74, 6) is 4.87. The van der Waals surface area contributed by atoms with Crippen molar-refractivity contribution in [2.45, 2.75) is 12.3 Å². The standard InChI is InChI=1S/C9H14FN3O2/c1-14-9(15-2)8(13-11)6-3-4-12-5-7(6)10/h3-5,8-9,13H,11H2,1-2H3. The van der Waals surface area contributed by atoms with Crippen molar-refractivity contribution >= 4 is 0 Å². The molecular weight excluding hydrogens is 201 g/mol. The molecule has 1 atom stereocenters. The zero-order valence-electron chi connectivity index (χ0n) is 8.61. The third-order valence-corrected chi connectivity index (χ3v) is 2.06. The van der Waals surface area contributed by atoms with Gasteiger partial charge in [-0.3, -0.25) is 10.8 Å². The van der Waals surface area contributed by atoms with Crippen molar-refractivity contribution < 1.29 is 13.9 Å².